The van der Waals surface area contributed by atoms with Crippen molar-refractivity contribution in [1.29, 1.82) is 0 Å². The van der Waals surface area contributed by atoms with Crippen LogP contribution in [0, 0.1) is 6.92 Å². The number of esters is 1. The molecule has 0 saturated carbocycles. The van der Waals surface area contributed by atoms with Gasteiger partial charge < -0.3 is 9.47 Å². The van der Waals surface area contributed by atoms with Gasteiger partial charge in [-0.2, -0.15) is 5.10 Å². The summed E-state index contributed by atoms with van der Waals surface area (Å²) in [6.07, 6.45) is 0.581. The van der Waals surface area contributed by atoms with Crippen LogP contribution in [0.25, 0.3) is 0 Å². The first-order valence-corrected chi connectivity index (χ1v) is 6.90. The number of aromatic nitrogens is 2. The Balaban J connectivity index is 2.41. The van der Waals surface area contributed by atoms with Crippen molar-refractivity contribution in [3.63, 3.8) is 0 Å². The lowest BCUT2D eigenvalue weighted by atomic mass is 10.0. The van der Waals surface area contributed by atoms with Gasteiger partial charge in [0.15, 0.2) is 5.69 Å². The molecule has 0 N–H and O–H groups in total. The summed E-state index contributed by atoms with van der Waals surface area (Å²) < 4.78 is 12.2. The number of aryl methyl sites for hydroxylation is 1. The fourth-order valence-corrected chi connectivity index (χ4v) is 2.27. The Morgan fingerprint density at radius 2 is 2.05 bits per heavy atom. The monoisotopic (exact) mass is 288 g/mol. The molecule has 21 heavy (non-hydrogen) atoms. The molecule has 2 aromatic rings. The van der Waals surface area contributed by atoms with Gasteiger partial charge in [-0.15, -0.1) is 0 Å². The molecule has 5 nitrogen and oxygen atoms in total. The quantitative estimate of drug-likeness (QED) is 0.793. The molecule has 0 unspecified atom stereocenters. The summed E-state index contributed by atoms with van der Waals surface area (Å²) in [7, 11) is 3.46. The molecule has 0 bridgehead atoms. The van der Waals surface area contributed by atoms with E-state index in [9.17, 15) is 4.79 Å². The highest BCUT2D eigenvalue weighted by Crippen LogP contribution is 2.24. The Hall–Kier alpha value is -2.30. The molecule has 2 rings (SSSR count). The van der Waals surface area contributed by atoms with Crippen molar-refractivity contribution in [2.45, 2.75) is 20.3 Å². The van der Waals surface area contributed by atoms with Gasteiger partial charge in [-0.25, -0.2) is 4.79 Å². The lowest BCUT2D eigenvalue weighted by Crippen LogP contribution is -2.09. The summed E-state index contributed by atoms with van der Waals surface area (Å²) in [6, 6.07) is 7.77. The van der Waals surface area contributed by atoms with Crippen molar-refractivity contribution in [3.05, 3.63) is 46.8 Å². The number of hydrogen-bond acceptors (Lipinski definition) is 4. The van der Waals surface area contributed by atoms with Crippen molar-refractivity contribution >= 4 is 5.97 Å². The largest absolute Gasteiger partial charge is 0.496 e. The summed E-state index contributed by atoms with van der Waals surface area (Å²) in [6.45, 7) is 4.07. The average molecular weight is 288 g/mol. The lowest BCUT2D eigenvalue weighted by Gasteiger charge is -2.09. The highest BCUT2D eigenvalue weighted by atomic mass is 16.5. The van der Waals surface area contributed by atoms with Crippen LogP contribution >= 0.6 is 0 Å². The predicted octanol–water partition coefficient (Wildman–Crippen LogP) is 2.50. The number of methoxy groups -OCH3 is 1. The van der Waals surface area contributed by atoms with Crippen LogP contribution in [0.1, 0.15) is 34.2 Å². The zero-order valence-corrected chi connectivity index (χ0v) is 12.8. The van der Waals surface area contributed by atoms with E-state index in [1.54, 1.807) is 18.7 Å². The normalized spacial score (nSPS) is 10.5. The van der Waals surface area contributed by atoms with Crippen molar-refractivity contribution < 1.29 is 14.3 Å². The molecule has 0 radical (unpaired) electrons. The molecular formula is C16H20N2O3. The number of hydrogen-bond donors (Lipinski definition) is 0. The Kier molecular flexibility index (Phi) is 4.62. The van der Waals surface area contributed by atoms with E-state index in [-0.39, 0.29) is 5.97 Å². The van der Waals surface area contributed by atoms with E-state index in [0.717, 1.165) is 22.6 Å². The number of carbonyl (C=O) groups excluding carboxylic acids is 1. The number of rotatable bonds is 5. The number of ether oxygens (including phenoxy) is 2. The maximum Gasteiger partial charge on any atom is 0.359 e. The summed E-state index contributed by atoms with van der Waals surface area (Å²) in [5.41, 5.74) is 3.22. The number of carbonyl (C=O) groups is 1. The summed E-state index contributed by atoms with van der Waals surface area (Å²) in [5, 5.41) is 4.28. The van der Waals surface area contributed by atoms with Crippen LogP contribution in [0.3, 0.4) is 0 Å². The maximum absolute atomic E-state index is 12.0. The third-order valence-electron chi connectivity index (χ3n) is 3.49. The minimum absolute atomic E-state index is 0.336. The first-order chi connectivity index (χ1) is 10.1. The first kappa shape index (κ1) is 15.1. The van der Waals surface area contributed by atoms with Crippen molar-refractivity contribution in [2.75, 3.05) is 13.7 Å². The van der Waals surface area contributed by atoms with Crippen LogP contribution in [0.4, 0.5) is 0 Å². The smallest absolute Gasteiger partial charge is 0.359 e. The second kappa shape index (κ2) is 6.43. The number of nitrogens with zero attached hydrogens (tertiary/aromatic N) is 2. The average Bonchev–Trinajstić information content (AvgIpc) is 2.76. The fraction of sp³-hybridized carbons (Fsp3) is 0.375. The van der Waals surface area contributed by atoms with Gasteiger partial charge >= 0.3 is 5.97 Å². The Labute approximate surface area is 124 Å². The van der Waals surface area contributed by atoms with E-state index in [2.05, 4.69) is 5.10 Å². The molecule has 1 aromatic carbocycles. The third kappa shape index (κ3) is 3.07. The van der Waals surface area contributed by atoms with Crippen molar-refractivity contribution in [2.24, 2.45) is 7.05 Å². The van der Waals surface area contributed by atoms with Crippen molar-refractivity contribution in [3.8, 4) is 5.75 Å². The van der Waals surface area contributed by atoms with Crippen LogP contribution in [-0.2, 0) is 18.2 Å². The molecule has 0 aliphatic carbocycles. The topological polar surface area (TPSA) is 53.3 Å². The van der Waals surface area contributed by atoms with E-state index in [0.29, 0.717) is 18.7 Å². The van der Waals surface area contributed by atoms with Gasteiger partial charge in [-0.1, -0.05) is 18.2 Å². The van der Waals surface area contributed by atoms with E-state index in [1.807, 2.05) is 38.2 Å². The van der Waals surface area contributed by atoms with Crippen LogP contribution in [0.5, 0.6) is 5.75 Å². The standard InChI is InChI=1S/C16H20N2O3/c1-5-21-16(19)15-13(11(2)18(3)17-15)10-12-8-6-7-9-14(12)20-4/h6-9H,5,10H2,1-4H3. The molecule has 0 saturated heterocycles. The Morgan fingerprint density at radius 1 is 1.33 bits per heavy atom. The van der Waals surface area contributed by atoms with Crippen LogP contribution in [0.15, 0.2) is 24.3 Å². The molecule has 1 heterocycles. The third-order valence-corrected chi connectivity index (χ3v) is 3.49. The first-order valence-electron chi connectivity index (χ1n) is 6.90. The molecule has 1 aromatic heterocycles. The lowest BCUT2D eigenvalue weighted by molar-refractivity contribution is 0.0517. The van der Waals surface area contributed by atoms with Gasteiger partial charge in [-0.3, -0.25) is 4.68 Å². The fourth-order valence-electron chi connectivity index (χ4n) is 2.27. The molecule has 0 amide bonds. The Morgan fingerprint density at radius 3 is 2.71 bits per heavy atom. The number of para-hydroxylation sites is 1. The van der Waals surface area contributed by atoms with Gasteiger partial charge in [0, 0.05) is 24.7 Å². The predicted molar refractivity (Wildman–Crippen MR) is 79.7 cm³/mol. The molecule has 0 aliphatic heterocycles. The molecule has 0 aliphatic rings. The highest BCUT2D eigenvalue weighted by Gasteiger charge is 2.21. The zero-order valence-electron chi connectivity index (χ0n) is 12.8. The second-order valence-electron chi connectivity index (χ2n) is 4.75. The summed E-state index contributed by atoms with van der Waals surface area (Å²) in [4.78, 5) is 12.0. The van der Waals surface area contributed by atoms with Gasteiger partial charge in [0.1, 0.15) is 5.75 Å². The van der Waals surface area contributed by atoms with Gasteiger partial charge in [0.05, 0.1) is 13.7 Å². The van der Waals surface area contributed by atoms with Crippen molar-refractivity contribution in [1.82, 2.24) is 9.78 Å². The van der Waals surface area contributed by atoms with Crippen LogP contribution < -0.4 is 4.74 Å². The van der Waals surface area contributed by atoms with Crippen LogP contribution in [-0.4, -0.2) is 29.5 Å². The molecule has 0 fully saturated rings. The molecule has 112 valence electrons. The minimum atomic E-state index is -0.383. The van der Waals surface area contributed by atoms with Gasteiger partial charge in [-0.05, 0) is 25.5 Å². The Bertz CT molecular complexity index is 647. The van der Waals surface area contributed by atoms with E-state index in [4.69, 9.17) is 9.47 Å². The van der Waals surface area contributed by atoms with Crippen LogP contribution in [0.2, 0.25) is 0 Å². The zero-order chi connectivity index (χ0) is 15.4. The minimum Gasteiger partial charge on any atom is -0.496 e. The summed E-state index contributed by atoms with van der Waals surface area (Å²) in [5.74, 6) is 0.418. The molecule has 5 heteroatoms. The molecule has 0 atom stereocenters. The van der Waals surface area contributed by atoms with E-state index >= 15 is 0 Å². The maximum atomic E-state index is 12.0. The van der Waals surface area contributed by atoms with Gasteiger partial charge in [0.25, 0.3) is 0 Å². The molecule has 0 spiro atoms. The van der Waals surface area contributed by atoms with Gasteiger partial charge in [0.2, 0.25) is 0 Å². The highest BCUT2D eigenvalue weighted by molar-refractivity contribution is 5.89. The number of benzene rings is 1. The SMILES string of the molecule is CCOC(=O)c1nn(C)c(C)c1Cc1ccccc1OC. The van der Waals surface area contributed by atoms with E-state index < -0.39 is 0 Å². The molecular weight excluding hydrogens is 268 g/mol. The second-order valence-corrected chi connectivity index (χ2v) is 4.75. The van der Waals surface area contributed by atoms with E-state index in [1.165, 1.54) is 0 Å². The summed E-state index contributed by atoms with van der Waals surface area (Å²) >= 11 is 0.